The molecule has 0 amide bonds. The Morgan fingerprint density at radius 3 is 2.30 bits per heavy atom. The van der Waals surface area contributed by atoms with Crippen LogP contribution < -0.4 is 10.2 Å². The molecule has 2 aliphatic heterocycles. The van der Waals surface area contributed by atoms with E-state index in [1.807, 2.05) is 0 Å². The summed E-state index contributed by atoms with van der Waals surface area (Å²) in [5.74, 6) is 0. The average molecular weight is 536 g/mol. The molecule has 0 aromatic heterocycles. The van der Waals surface area contributed by atoms with E-state index in [1.165, 1.54) is 57.2 Å². The first-order chi connectivity index (χ1) is 19.0. The summed E-state index contributed by atoms with van der Waals surface area (Å²) in [5.41, 5.74) is 12.2. The van der Waals surface area contributed by atoms with Crippen molar-refractivity contribution >= 4 is 17.1 Å². The summed E-state index contributed by atoms with van der Waals surface area (Å²) in [6.45, 7) is 11.3. The van der Waals surface area contributed by atoms with Crippen molar-refractivity contribution in [2.45, 2.75) is 57.8 Å². The molecule has 1 aliphatic carbocycles. The molecule has 3 aliphatic rings. The molecule has 0 saturated heterocycles. The molecule has 0 bridgehead atoms. The summed E-state index contributed by atoms with van der Waals surface area (Å²) >= 11 is 0. The van der Waals surface area contributed by atoms with E-state index in [0.717, 1.165) is 25.9 Å². The van der Waals surface area contributed by atoms with Crippen LogP contribution in [0.5, 0.6) is 0 Å². The lowest BCUT2D eigenvalue weighted by molar-refractivity contribution is -0.401. The first-order valence-electron chi connectivity index (χ1n) is 14.8. The summed E-state index contributed by atoms with van der Waals surface area (Å²) < 4.78 is 2.37. The topological polar surface area (TPSA) is 21.5 Å². The van der Waals surface area contributed by atoms with Crippen molar-refractivity contribution < 1.29 is 4.58 Å². The largest absolute Gasteiger partial charge is 0.383 e. The van der Waals surface area contributed by atoms with Crippen molar-refractivity contribution in [1.29, 1.82) is 0 Å². The van der Waals surface area contributed by atoms with Crippen LogP contribution in [-0.2, 0) is 10.8 Å². The number of rotatable bonds is 7. The second kappa shape index (κ2) is 10.9. The molecular weight excluding hydrogens is 488 g/mol. The third kappa shape index (κ3) is 4.99. The maximum Gasteiger partial charge on any atom is 0.209 e. The summed E-state index contributed by atoms with van der Waals surface area (Å²) in [5, 5.41) is 3.85. The maximum atomic E-state index is 3.85. The van der Waals surface area contributed by atoms with E-state index < -0.39 is 0 Å². The van der Waals surface area contributed by atoms with E-state index in [-0.39, 0.29) is 10.8 Å². The van der Waals surface area contributed by atoms with Crippen molar-refractivity contribution in [3.8, 4) is 0 Å². The van der Waals surface area contributed by atoms with Gasteiger partial charge in [-0.2, -0.15) is 4.58 Å². The van der Waals surface area contributed by atoms with Gasteiger partial charge in [0.2, 0.25) is 5.69 Å². The Hall–Kier alpha value is -3.37. The van der Waals surface area contributed by atoms with Crippen molar-refractivity contribution in [2.24, 2.45) is 0 Å². The highest BCUT2D eigenvalue weighted by molar-refractivity contribution is 6.03. The average Bonchev–Trinajstić information content (AvgIpc) is 3.24. The minimum atomic E-state index is -0.0215. The standard InChI is InChI=1S/C36H46N4/c1-35(2)28-16-9-11-18-30(28)39(7)32(35)22-20-26-14-13-15-27(34(26)37-24-25-38(5)6)21-23-33-36(3,4)29-17-10-12-19-31(29)40(33)8/h9-12,16-23H,13-15,24-25H2,1-8H3/p+1/b26-20+,32-22+. The van der Waals surface area contributed by atoms with Crippen LogP contribution in [0.1, 0.15) is 58.1 Å². The number of hydrogen-bond acceptors (Lipinski definition) is 3. The van der Waals surface area contributed by atoms with Crippen LogP contribution >= 0.6 is 0 Å². The molecule has 0 saturated carbocycles. The van der Waals surface area contributed by atoms with Gasteiger partial charge in [0.1, 0.15) is 7.05 Å². The van der Waals surface area contributed by atoms with E-state index in [0.29, 0.717) is 0 Å². The van der Waals surface area contributed by atoms with Gasteiger partial charge in [0, 0.05) is 60.3 Å². The van der Waals surface area contributed by atoms with Crippen molar-refractivity contribution in [1.82, 2.24) is 10.2 Å². The molecule has 40 heavy (non-hydrogen) atoms. The van der Waals surface area contributed by atoms with E-state index in [1.54, 1.807) is 0 Å². The molecule has 4 heteroatoms. The molecule has 5 rings (SSSR count). The minimum absolute atomic E-state index is 0.0215. The van der Waals surface area contributed by atoms with Gasteiger partial charge in [0.15, 0.2) is 5.71 Å². The van der Waals surface area contributed by atoms with E-state index in [2.05, 4.69) is 148 Å². The molecule has 2 heterocycles. The smallest absolute Gasteiger partial charge is 0.209 e. The first-order valence-corrected chi connectivity index (χ1v) is 14.8. The number of nitrogens with zero attached hydrogens (tertiary/aromatic N) is 3. The molecule has 0 fully saturated rings. The van der Waals surface area contributed by atoms with Crippen LogP contribution in [0.15, 0.2) is 95.4 Å². The number of hydrogen-bond donors (Lipinski definition) is 1. The minimum Gasteiger partial charge on any atom is -0.383 e. The van der Waals surface area contributed by atoms with Crippen LogP contribution in [0.25, 0.3) is 0 Å². The zero-order valence-electron chi connectivity index (χ0n) is 25.8. The normalized spacial score (nSPS) is 21.8. The van der Waals surface area contributed by atoms with Gasteiger partial charge in [-0.15, -0.1) is 0 Å². The van der Waals surface area contributed by atoms with Crippen LogP contribution in [0.2, 0.25) is 0 Å². The first kappa shape index (κ1) is 28.2. The highest BCUT2D eigenvalue weighted by atomic mass is 15.2. The Morgan fingerprint density at radius 2 is 1.60 bits per heavy atom. The highest BCUT2D eigenvalue weighted by Gasteiger charge is 2.42. The van der Waals surface area contributed by atoms with Gasteiger partial charge in [0.25, 0.3) is 0 Å². The van der Waals surface area contributed by atoms with Crippen LogP contribution in [0.4, 0.5) is 11.4 Å². The second-order valence-corrected chi connectivity index (χ2v) is 12.8. The lowest BCUT2D eigenvalue weighted by atomic mass is 9.81. The van der Waals surface area contributed by atoms with Gasteiger partial charge in [-0.3, -0.25) is 0 Å². The fourth-order valence-electron chi connectivity index (χ4n) is 6.85. The number of allylic oxidation sites excluding steroid dienone is 7. The lowest BCUT2D eigenvalue weighted by Crippen LogP contribution is -2.29. The number of fused-ring (bicyclic) bond motifs is 2. The Kier molecular flexibility index (Phi) is 7.67. The molecule has 0 spiro atoms. The fraction of sp³-hybridized carbons (Fsp3) is 0.417. The SMILES string of the molecule is CN(C)CCNC1=C(/C=C/C2=[N+](C)c3ccccc3C2(C)C)CCC/C1=C\C=C1\N(C)c2ccccc2C1(C)C. The van der Waals surface area contributed by atoms with Crippen LogP contribution in [0.3, 0.4) is 0 Å². The van der Waals surface area contributed by atoms with Crippen molar-refractivity contribution in [2.75, 3.05) is 46.2 Å². The Bertz CT molecular complexity index is 1440. The summed E-state index contributed by atoms with van der Waals surface area (Å²) in [6.07, 6.45) is 12.9. The molecule has 1 N–H and O–H groups in total. The van der Waals surface area contributed by atoms with Gasteiger partial charge in [-0.1, -0.05) is 62.4 Å². The van der Waals surface area contributed by atoms with Gasteiger partial charge < -0.3 is 15.1 Å². The monoisotopic (exact) mass is 535 g/mol. The molecule has 0 atom stereocenters. The predicted octanol–water partition coefficient (Wildman–Crippen LogP) is 7.08. The van der Waals surface area contributed by atoms with Gasteiger partial charge in [0.05, 0.1) is 5.41 Å². The number of anilines is 1. The number of para-hydroxylation sites is 2. The number of benzene rings is 2. The van der Waals surface area contributed by atoms with Gasteiger partial charge in [-0.05, 0) is 76.1 Å². The maximum absolute atomic E-state index is 3.85. The number of likely N-dealkylation sites (N-methyl/N-ethyl adjacent to an activating group) is 2. The van der Waals surface area contributed by atoms with Gasteiger partial charge >= 0.3 is 0 Å². The second-order valence-electron chi connectivity index (χ2n) is 12.8. The Balaban J connectivity index is 1.51. The third-order valence-corrected chi connectivity index (χ3v) is 9.16. The molecule has 2 aromatic rings. The molecular formula is C36H47N4+. The van der Waals surface area contributed by atoms with Gasteiger partial charge in [-0.25, -0.2) is 0 Å². The zero-order chi connectivity index (χ0) is 28.7. The molecule has 2 aromatic carbocycles. The van der Waals surface area contributed by atoms with E-state index in [4.69, 9.17) is 0 Å². The van der Waals surface area contributed by atoms with E-state index in [9.17, 15) is 0 Å². The van der Waals surface area contributed by atoms with Crippen LogP contribution in [0, 0.1) is 0 Å². The molecule has 0 radical (unpaired) electrons. The quantitative estimate of drug-likeness (QED) is 0.383. The molecule has 210 valence electrons. The summed E-state index contributed by atoms with van der Waals surface area (Å²) in [4.78, 5) is 4.61. The fourth-order valence-corrected chi connectivity index (χ4v) is 6.85. The van der Waals surface area contributed by atoms with Crippen LogP contribution in [-0.4, -0.2) is 56.5 Å². The highest BCUT2D eigenvalue weighted by Crippen LogP contribution is 2.47. The predicted molar refractivity (Wildman–Crippen MR) is 171 cm³/mol. The Morgan fingerprint density at radius 1 is 0.900 bits per heavy atom. The zero-order valence-corrected chi connectivity index (χ0v) is 25.8. The molecule has 0 unspecified atom stereocenters. The van der Waals surface area contributed by atoms with E-state index >= 15 is 0 Å². The molecule has 4 nitrogen and oxygen atoms in total. The number of nitrogens with one attached hydrogen (secondary N) is 1. The summed E-state index contributed by atoms with van der Waals surface area (Å²) in [7, 11) is 8.68. The third-order valence-electron chi connectivity index (χ3n) is 9.16. The lowest BCUT2D eigenvalue weighted by Gasteiger charge is -2.26. The van der Waals surface area contributed by atoms with Crippen molar-refractivity contribution in [3.63, 3.8) is 0 Å². The Labute approximate surface area is 242 Å². The van der Waals surface area contributed by atoms with Crippen molar-refractivity contribution in [3.05, 3.63) is 107 Å². The summed E-state index contributed by atoms with van der Waals surface area (Å²) in [6, 6.07) is 17.6.